The standard InChI is InChI=1S/C61H84N8O10/c1-10-41(8)53(62)59(75)65-47(31-38(2)3)55(71)63-35-51(70)67-50(34-44-25-17-12-18-26-44)68-58(74)52(40(6)7)57(73)64-48(33-43-23-15-11-16-24-43)56(72)69-54(42(9)78-36-45-27-19-13-20-28-45)60(76)66-49(32-39(4)5)61(77)79-37-46-29-21-14-22-30-46/h11-30,38-42,47-50,52-54H,10,31-37,62H2,1-9H3,(H,63,71)(H,64,73)(H,65,75)(H,66,76)(H,67,70)(H,68,74)(H,69,72)/t41-,42+,47-,48-,49-,50+,52?,53-,54-/m0/s1. The van der Waals surface area contributed by atoms with Crippen LogP contribution in [0.5, 0.6) is 0 Å². The number of hydrogen-bond acceptors (Lipinski definition) is 11. The molecule has 0 aliphatic rings. The predicted octanol–water partition coefficient (Wildman–Crippen LogP) is 5.17. The normalized spacial score (nSPS) is 14.7. The summed E-state index contributed by atoms with van der Waals surface area (Å²) in [5, 5.41) is 19.4. The number of amides is 7. The SMILES string of the molecule is CC[C@H](C)[C@H](N)C(=O)N[C@@H](CC(C)C)C(=O)NCC(=O)N[C@@H](Cc1ccccc1)NC(=O)C(C(=O)N[C@@H](Cc1ccccc1)C(=O)N[C@H](C(=O)N[C@@H](CC(C)C)C(=O)OCc1ccccc1)[C@@H](C)OCc1ccccc1)C(C)C. The Hall–Kier alpha value is -7.44. The third-order valence-electron chi connectivity index (χ3n) is 13.3. The van der Waals surface area contributed by atoms with E-state index in [0.717, 1.165) is 16.7 Å². The lowest BCUT2D eigenvalue weighted by Gasteiger charge is -2.30. The van der Waals surface area contributed by atoms with Gasteiger partial charge in [-0.1, -0.05) is 183 Å². The van der Waals surface area contributed by atoms with Gasteiger partial charge < -0.3 is 52.4 Å². The molecule has 0 saturated heterocycles. The van der Waals surface area contributed by atoms with Crippen LogP contribution >= 0.6 is 0 Å². The van der Waals surface area contributed by atoms with E-state index in [4.69, 9.17) is 15.2 Å². The van der Waals surface area contributed by atoms with Crippen molar-refractivity contribution in [1.29, 1.82) is 0 Å². The van der Waals surface area contributed by atoms with E-state index in [0.29, 0.717) is 12.0 Å². The van der Waals surface area contributed by atoms with E-state index in [1.807, 2.05) is 108 Å². The van der Waals surface area contributed by atoms with Gasteiger partial charge in [0.05, 0.1) is 25.3 Å². The largest absolute Gasteiger partial charge is 0.459 e. The Bertz CT molecular complexity index is 2550. The molecular weight excluding hydrogens is 1000 g/mol. The number of esters is 1. The quantitative estimate of drug-likeness (QED) is 0.0180. The van der Waals surface area contributed by atoms with Gasteiger partial charge in [-0.25, -0.2) is 4.79 Å². The number of hydrogen-bond donors (Lipinski definition) is 8. The minimum Gasteiger partial charge on any atom is -0.459 e. The van der Waals surface area contributed by atoms with Gasteiger partial charge in [0.15, 0.2) is 0 Å². The fourth-order valence-corrected chi connectivity index (χ4v) is 8.64. The highest BCUT2D eigenvalue weighted by molar-refractivity contribution is 6.03. The van der Waals surface area contributed by atoms with Crippen molar-refractivity contribution < 1.29 is 47.8 Å². The maximum atomic E-state index is 14.8. The smallest absolute Gasteiger partial charge is 0.328 e. The third-order valence-corrected chi connectivity index (χ3v) is 13.3. The number of rotatable bonds is 32. The summed E-state index contributed by atoms with van der Waals surface area (Å²) in [7, 11) is 0. The number of nitrogens with one attached hydrogen (secondary N) is 7. The number of carbonyl (C=O) groups is 8. The first-order valence-electron chi connectivity index (χ1n) is 27.4. The van der Waals surface area contributed by atoms with Crippen LogP contribution in [0.15, 0.2) is 121 Å². The zero-order valence-corrected chi connectivity index (χ0v) is 47.3. The highest BCUT2D eigenvalue weighted by Crippen LogP contribution is 2.17. The van der Waals surface area contributed by atoms with E-state index in [9.17, 15) is 38.4 Å². The molecule has 0 aliphatic carbocycles. The topological polar surface area (TPSA) is 265 Å². The maximum absolute atomic E-state index is 14.8. The highest BCUT2D eigenvalue weighted by Gasteiger charge is 2.38. The Kier molecular flexibility index (Phi) is 26.9. The molecule has 428 valence electrons. The van der Waals surface area contributed by atoms with Gasteiger partial charge in [-0.2, -0.15) is 0 Å². The summed E-state index contributed by atoms with van der Waals surface area (Å²) in [5.41, 5.74) is 9.12. The molecule has 18 heteroatoms. The zero-order valence-electron chi connectivity index (χ0n) is 47.3. The van der Waals surface area contributed by atoms with Crippen LogP contribution in [0.1, 0.15) is 104 Å². The average molecular weight is 1090 g/mol. The second-order valence-electron chi connectivity index (χ2n) is 21.4. The summed E-state index contributed by atoms with van der Waals surface area (Å²) >= 11 is 0. The van der Waals surface area contributed by atoms with E-state index < -0.39 is 108 Å². The van der Waals surface area contributed by atoms with Gasteiger partial charge in [0.25, 0.3) is 0 Å². The van der Waals surface area contributed by atoms with Crippen molar-refractivity contribution in [1.82, 2.24) is 37.2 Å². The number of carbonyl (C=O) groups excluding carboxylic acids is 8. The first kappa shape index (κ1) is 64.1. The Morgan fingerprint density at radius 1 is 0.481 bits per heavy atom. The lowest BCUT2D eigenvalue weighted by molar-refractivity contribution is -0.150. The molecule has 4 aromatic carbocycles. The summed E-state index contributed by atoms with van der Waals surface area (Å²) in [5.74, 6) is -7.65. The molecule has 0 aromatic heterocycles. The van der Waals surface area contributed by atoms with Crippen LogP contribution in [0, 0.1) is 29.6 Å². The van der Waals surface area contributed by atoms with Crippen molar-refractivity contribution in [3.63, 3.8) is 0 Å². The molecule has 1 unspecified atom stereocenters. The Labute approximate surface area is 466 Å². The average Bonchev–Trinajstić information content (AvgIpc) is 3.43. The van der Waals surface area contributed by atoms with E-state index >= 15 is 0 Å². The summed E-state index contributed by atoms with van der Waals surface area (Å²) in [6.07, 6.45) is -0.835. The first-order chi connectivity index (χ1) is 37.6. The minimum absolute atomic E-state index is 0.0123. The second-order valence-corrected chi connectivity index (χ2v) is 21.4. The maximum Gasteiger partial charge on any atom is 0.328 e. The molecule has 18 nitrogen and oxygen atoms in total. The molecule has 0 saturated carbocycles. The van der Waals surface area contributed by atoms with Crippen molar-refractivity contribution in [3.05, 3.63) is 144 Å². The molecule has 0 bridgehead atoms. The van der Waals surface area contributed by atoms with Gasteiger partial charge in [0.2, 0.25) is 41.4 Å². The van der Waals surface area contributed by atoms with E-state index in [-0.39, 0.29) is 56.7 Å². The van der Waals surface area contributed by atoms with Crippen LogP contribution in [0.2, 0.25) is 0 Å². The predicted molar refractivity (Wildman–Crippen MR) is 303 cm³/mol. The first-order valence-corrected chi connectivity index (χ1v) is 27.4. The van der Waals surface area contributed by atoms with Gasteiger partial charge in [-0.15, -0.1) is 0 Å². The zero-order chi connectivity index (χ0) is 58.0. The van der Waals surface area contributed by atoms with Crippen molar-refractivity contribution in [2.75, 3.05) is 6.54 Å². The molecular formula is C61H84N8O10. The van der Waals surface area contributed by atoms with Gasteiger partial charge >= 0.3 is 5.97 Å². The van der Waals surface area contributed by atoms with Gasteiger partial charge in [-0.05, 0) is 65.7 Å². The van der Waals surface area contributed by atoms with Crippen molar-refractivity contribution in [2.45, 2.75) is 150 Å². The fourth-order valence-electron chi connectivity index (χ4n) is 8.64. The molecule has 4 rings (SSSR count). The molecule has 0 fully saturated rings. The fraction of sp³-hybridized carbons (Fsp3) is 0.475. The molecule has 0 heterocycles. The summed E-state index contributed by atoms with van der Waals surface area (Å²) in [4.78, 5) is 112. The van der Waals surface area contributed by atoms with Crippen molar-refractivity contribution in [3.8, 4) is 0 Å². The highest BCUT2D eigenvalue weighted by atomic mass is 16.5. The Morgan fingerprint density at radius 3 is 1.47 bits per heavy atom. The molecule has 9 atom stereocenters. The number of benzene rings is 4. The van der Waals surface area contributed by atoms with Crippen LogP contribution in [0.3, 0.4) is 0 Å². The number of nitrogens with two attached hydrogens (primary N) is 1. The van der Waals surface area contributed by atoms with Crippen molar-refractivity contribution in [2.24, 2.45) is 35.3 Å². The van der Waals surface area contributed by atoms with Crippen molar-refractivity contribution >= 4 is 47.3 Å². The van der Waals surface area contributed by atoms with Crippen LogP contribution in [-0.4, -0.2) is 96.3 Å². The van der Waals surface area contributed by atoms with Gasteiger partial charge in [0, 0.05) is 12.8 Å². The van der Waals surface area contributed by atoms with E-state index in [2.05, 4.69) is 37.2 Å². The summed E-state index contributed by atoms with van der Waals surface area (Å²) in [6, 6.07) is 30.7. The van der Waals surface area contributed by atoms with Crippen LogP contribution in [0.4, 0.5) is 0 Å². The molecule has 0 radical (unpaired) electrons. The minimum atomic E-state index is -1.41. The summed E-state index contributed by atoms with van der Waals surface area (Å²) < 4.78 is 11.9. The lowest BCUT2D eigenvalue weighted by atomic mass is 9.92. The monoisotopic (exact) mass is 1090 g/mol. The molecule has 79 heavy (non-hydrogen) atoms. The number of ether oxygens (including phenoxy) is 2. The van der Waals surface area contributed by atoms with E-state index in [1.54, 1.807) is 75.4 Å². The molecule has 9 N–H and O–H groups in total. The Balaban J connectivity index is 1.58. The lowest BCUT2D eigenvalue weighted by Crippen LogP contribution is -2.61. The van der Waals surface area contributed by atoms with E-state index in [1.165, 1.54) is 0 Å². The van der Waals surface area contributed by atoms with Gasteiger partial charge in [-0.3, -0.25) is 33.6 Å². The van der Waals surface area contributed by atoms with Crippen LogP contribution < -0.4 is 43.0 Å². The summed E-state index contributed by atoms with van der Waals surface area (Å²) in [6.45, 7) is 15.9. The molecule has 7 amide bonds. The second kappa shape index (κ2) is 33.1. The van der Waals surface area contributed by atoms with Crippen LogP contribution in [-0.2, 0) is 73.9 Å². The molecule has 0 spiro atoms. The third kappa shape index (κ3) is 22.4. The molecule has 4 aromatic rings. The Morgan fingerprint density at radius 2 is 0.949 bits per heavy atom. The van der Waals surface area contributed by atoms with Crippen LogP contribution in [0.25, 0.3) is 0 Å². The molecule has 0 aliphatic heterocycles. The van der Waals surface area contributed by atoms with Gasteiger partial charge in [0.1, 0.15) is 42.9 Å².